The molecule has 210 valence electrons. The maximum absolute atomic E-state index is 12.7. The van der Waals surface area contributed by atoms with Gasteiger partial charge in [-0.05, 0) is 37.7 Å². The molecular formula is C29H42N7O3+. The van der Waals surface area contributed by atoms with E-state index >= 15 is 0 Å². The Hall–Kier alpha value is -3.43. The van der Waals surface area contributed by atoms with Crippen molar-refractivity contribution >= 4 is 29.2 Å². The van der Waals surface area contributed by atoms with Gasteiger partial charge in [0.15, 0.2) is 18.4 Å². The number of nitrogens with zero attached hydrogens (tertiary/aromatic N) is 4. The van der Waals surface area contributed by atoms with Crippen LogP contribution in [0.25, 0.3) is 0 Å². The van der Waals surface area contributed by atoms with Gasteiger partial charge >= 0.3 is 5.97 Å². The number of carboxylic acid groups (broad SMARTS) is 1. The van der Waals surface area contributed by atoms with Crippen LogP contribution in [0.15, 0.2) is 24.8 Å². The largest absolute Gasteiger partial charge is 0.480 e. The molecule has 0 spiro atoms. The zero-order valence-electron chi connectivity index (χ0n) is 23.0. The van der Waals surface area contributed by atoms with E-state index in [-0.39, 0.29) is 18.4 Å². The zero-order valence-corrected chi connectivity index (χ0v) is 23.0. The number of carboxylic acids is 1. The van der Waals surface area contributed by atoms with Crippen molar-refractivity contribution in [1.82, 2.24) is 15.3 Å². The van der Waals surface area contributed by atoms with Crippen LogP contribution >= 0.6 is 0 Å². The molecule has 1 saturated heterocycles. The van der Waals surface area contributed by atoms with Gasteiger partial charge in [-0.25, -0.2) is 19.3 Å². The van der Waals surface area contributed by atoms with Crippen LogP contribution in [0.5, 0.6) is 0 Å². The number of hydrogen-bond donors (Lipinski definition) is 4. The van der Waals surface area contributed by atoms with Gasteiger partial charge in [-0.15, -0.1) is 0 Å². The van der Waals surface area contributed by atoms with Crippen molar-refractivity contribution in [2.24, 2.45) is 5.92 Å². The van der Waals surface area contributed by atoms with Gasteiger partial charge in [0, 0.05) is 56.6 Å². The summed E-state index contributed by atoms with van der Waals surface area (Å²) in [4.78, 5) is 36.0. The number of amides is 1. The first kappa shape index (κ1) is 27.1. The summed E-state index contributed by atoms with van der Waals surface area (Å²) in [5.41, 5.74) is 3.65. The highest BCUT2D eigenvalue weighted by Crippen LogP contribution is 2.29. The monoisotopic (exact) mass is 536 g/mol. The zero-order chi connectivity index (χ0) is 27.2. The van der Waals surface area contributed by atoms with Gasteiger partial charge in [0.25, 0.3) is 0 Å². The van der Waals surface area contributed by atoms with Crippen molar-refractivity contribution in [3.63, 3.8) is 0 Å². The van der Waals surface area contributed by atoms with Gasteiger partial charge in [-0.2, -0.15) is 0 Å². The van der Waals surface area contributed by atoms with Crippen LogP contribution in [0.1, 0.15) is 75.5 Å². The van der Waals surface area contributed by atoms with Gasteiger partial charge < -0.3 is 26.0 Å². The van der Waals surface area contributed by atoms with Crippen LogP contribution < -0.4 is 25.4 Å². The molecular weight excluding hydrogens is 494 g/mol. The second-order valence-electron chi connectivity index (χ2n) is 11.1. The van der Waals surface area contributed by atoms with Gasteiger partial charge in [-0.3, -0.25) is 4.79 Å². The summed E-state index contributed by atoms with van der Waals surface area (Å²) in [7, 11) is 0. The average Bonchev–Trinajstić information content (AvgIpc) is 2.99. The number of aryl methyl sites for hydroxylation is 1. The first-order chi connectivity index (χ1) is 19.0. The average molecular weight is 537 g/mol. The van der Waals surface area contributed by atoms with E-state index in [0.717, 1.165) is 88.8 Å². The Bertz CT molecular complexity index is 1160. The molecule has 2 aromatic rings. The predicted octanol–water partition coefficient (Wildman–Crippen LogP) is 3.09. The van der Waals surface area contributed by atoms with Crippen LogP contribution in [0.3, 0.4) is 0 Å². The smallest absolute Gasteiger partial charge is 0.328 e. The number of carbonyl (C=O) groups excluding carboxylic acids is 1. The van der Waals surface area contributed by atoms with Gasteiger partial charge in [0.1, 0.15) is 29.7 Å². The molecule has 0 aromatic carbocycles. The highest BCUT2D eigenvalue weighted by molar-refractivity contribution is 5.85. The standard InChI is InChI=1S/C29H41N7O3/c1-2-23-26(31-17-24(29(38)39)34-28(37)21-7-4-3-5-8-21)32-19-33-27(23)35-15-11-22(12-16-35)36-14-10-20-9-6-13-30-25(20)18-36/h10,14,18-19,21-22,24,30H,2-9,11-13,15-17H2,1H3,(H2-,31,32,33,34,37,38,39)/p+1/t24-/m0/s1. The summed E-state index contributed by atoms with van der Waals surface area (Å²) in [5.74, 6) is 0.257. The fourth-order valence-corrected chi connectivity index (χ4v) is 6.23. The SMILES string of the molecule is CCc1c(NC[C@H](NC(=O)C2CCCCC2)C(=O)O)ncnc1N1CCC([n+]2ccc3c(c2)NCCC3)CC1. The van der Waals surface area contributed by atoms with E-state index in [1.54, 1.807) is 6.33 Å². The lowest BCUT2D eigenvalue weighted by atomic mass is 9.88. The fourth-order valence-electron chi connectivity index (χ4n) is 6.23. The minimum atomic E-state index is -1.05. The summed E-state index contributed by atoms with van der Waals surface area (Å²) < 4.78 is 2.36. The van der Waals surface area contributed by atoms with Crippen molar-refractivity contribution in [3.05, 3.63) is 35.9 Å². The molecule has 0 radical (unpaired) electrons. The predicted molar refractivity (Wildman–Crippen MR) is 150 cm³/mol. The van der Waals surface area contributed by atoms with Crippen LogP contribution in [-0.4, -0.2) is 59.2 Å². The molecule has 3 aliphatic rings. The maximum Gasteiger partial charge on any atom is 0.328 e. The third kappa shape index (κ3) is 6.42. The third-order valence-corrected chi connectivity index (χ3v) is 8.54. The fraction of sp³-hybridized carbons (Fsp3) is 0.621. The van der Waals surface area contributed by atoms with Crippen molar-refractivity contribution in [3.8, 4) is 0 Å². The molecule has 0 unspecified atom stereocenters. The van der Waals surface area contributed by atoms with E-state index in [9.17, 15) is 14.7 Å². The van der Waals surface area contributed by atoms with E-state index in [4.69, 9.17) is 0 Å². The Morgan fingerprint density at radius 1 is 1.15 bits per heavy atom. The van der Waals surface area contributed by atoms with E-state index in [2.05, 4.69) is 60.8 Å². The minimum absolute atomic E-state index is 0.0718. The molecule has 0 bridgehead atoms. The number of rotatable bonds is 9. The molecule has 10 heteroatoms. The number of piperidine rings is 1. The summed E-state index contributed by atoms with van der Waals surface area (Å²) in [6, 6.07) is 1.69. The number of carbonyl (C=O) groups is 2. The molecule has 2 aliphatic heterocycles. The Morgan fingerprint density at radius 2 is 1.95 bits per heavy atom. The van der Waals surface area contributed by atoms with Crippen molar-refractivity contribution in [2.75, 3.05) is 41.7 Å². The van der Waals surface area contributed by atoms with E-state index in [0.29, 0.717) is 11.9 Å². The van der Waals surface area contributed by atoms with Gasteiger partial charge in [0.05, 0.1) is 0 Å². The minimum Gasteiger partial charge on any atom is -0.480 e. The second kappa shape index (κ2) is 12.6. The first-order valence-corrected chi connectivity index (χ1v) is 14.7. The van der Waals surface area contributed by atoms with Crippen LogP contribution in [0.4, 0.5) is 17.3 Å². The molecule has 4 heterocycles. The molecule has 2 aromatic heterocycles. The molecule has 10 nitrogen and oxygen atoms in total. The molecule has 39 heavy (non-hydrogen) atoms. The number of anilines is 3. The van der Waals surface area contributed by atoms with Gasteiger partial charge in [-0.1, -0.05) is 26.2 Å². The third-order valence-electron chi connectivity index (χ3n) is 8.54. The molecule has 4 N–H and O–H groups in total. The second-order valence-corrected chi connectivity index (χ2v) is 11.1. The number of hydrogen-bond acceptors (Lipinski definition) is 7. The normalized spacial score (nSPS) is 19.1. The number of nitrogens with one attached hydrogen (secondary N) is 3. The highest BCUT2D eigenvalue weighted by Gasteiger charge is 2.30. The molecule has 2 fully saturated rings. The summed E-state index contributed by atoms with van der Waals surface area (Å²) in [6.45, 7) is 4.96. The summed E-state index contributed by atoms with van der Waals surface area (Å²) >= 11 is 0. The Morgan fingerprint density at radius 3 is 2.69 bits per heavy atom. The molecule has 1 atom stereocenters. The van der Waals surface area contributed by atoms with Crippen molar-refractivity contribution in [1.29, 1.82) is 0 Å². The number of fused-ring (bicyclic) bond motifs is 1. The summed E-state index contributed by atoms with van der Waals surface area (Å²) in [6.07, 6.45) is 16.0. The molecule has 5 rings (SSSR count). The van der Waals surface area contributed by atoms with Crippen LogP contribution in [0, 0.1) is 5.92 Å². The van der Waals surface area contributed by atoms with Crippen molar-refractivity contribution < 1.29 is 19.3 Å². The lowest BCUT2D eigenvalue weighted by molar-refractivity contribution is -0.724. The molecule has 1 amide bonds. The Labute approximate surface area is 230 Å². The Kier molecular flexibility index (Phi) is 8.78. The van der Waals surface area contributed by atoms with Crippen LogP contribution in [0.2, 0.25) is 0 Å². The quantitative estimate of drug-likeness (QED) is 0.361. The number of aliphatic carboxylic acids is 1. The van der Waals surface area contributed by atoms with E-state index < -0.39 is 12.0 Å². The molecule has 1 aliphatic carbocycles. The first-order valence-electron chi connectivity index (χ1n) is 14.7. The topological polar surface area (TPSA) is 123 Å². The summed E-state index contributed by atoms with van der Waals surface area (Å²) in [5, 5.41) is 19.3. The number of pyridine rings is 1. The van der Waals surface area contributed by atoms with Crippen molar-refractivity contribution in [2.45, 2.75) is 83.2 Å². The highest BCUT2D eigenvalue weighted by atomic mass is 16.4. The van der Waals surface area contributed by atoms with E-state index in [1.165, 1.54) is 17.7 Å². The Balaban J connectivity index is 1.21. The van der Waals surface area contributed by atoms with Gasteiger partial charge in [0.2, 0.25) is 5.91 Å². The lowest BCUT2D eigenvalue weighted by Crippen LogP contribution is -2.48. The molecule has 1 saturated carbocycles. The maximum atomic E-state index is 12.7. The lowest BCUT2D eigenvalue weighted by Gasteiger charge is -2.32. The van der Waals surface area contributed by atoms with E-state index in [1.807, 2.05) is 0 Å². The number of aromatic nitrogens is 3. The van der Waals surface area contributed by atoms with Crippen LogP contribution in [-0.2, 0) is 22.4 Å².